The second-order valence-electron chi connectivity index (χ2n) is 10.5. The molecule has 1 unspecified atom stereocenters. The Kier molecular flexibility index (Phi) is 10.3. The monoisotopic (exact) mass is 615 g/mol. The number of halogens is 2. The Labute approximate surface area is 252 Å². The fraction of sp³-hybridized carbons (Fsp3) is 0.355. The lowest BCUT2D eigenvalue weighted by Gasteiger charge is -2.33. The topological polar surface area (TPSA) is 86.8 Å². The van der Waals surface area contributed by atoms with E-state index >= 15 is 0 Å². The van der Waals surface area contributed by atoms with Crippen LogP contribution in [0.4, 0.5) is 5.69 Å². The SMILES string of the molecule is Cc1cccc(N(CC(=O)N(Cc2ccc(Cl)c(Cl)c2)C(C)C(=O)NC2CCCCC2)S(=O)(=O)c2ccccc2)c1. The summed E-state index contributed by atoms with van der Waals surface area (Å²) in [6, 6.07) is 19.2. The van der Waals surface area contributed by atoms with Crippen molar-refractivity contribution in [2.24, 2.45) is 0 Å². The van der Waals surface area contributed by atoms with Crippen molar-refractivity contribution in [1.29, 1.82) is 0 Å². The third kappa shape index (κ3) is 7.82. The maximum Gasteiger partial charge on any atom is 0.264 e. The quantitative estimate of drug-likeness (QED) is 0.287. The van der Waals surface area contributed by atoms with Crippen LogP contribution in [-0.4, -0.2) is 43.8 Å². The number of aryl methyl sites for hydroxylation is 1. The summed E-state index contributed by atoms with van der Waals surface area (Å²) in [4.78, 5) is 28.9. The lowest BCUT2D eigenvalue weighted by Crippen LogP contribution is -2.53. The van der Waals surface area contributed by atoms with E-state index in [1.54, 1.807) is 61.5 Å². The Morgan fingerprint density at radius 2 is 1.63 bits per heavy atom. The van der Waals surface area contributed by atoms with Crippen LogP contribution < -0.4 is 9.62 Å². The number of anilines is 1. The van der Waals surface area contributed by atoms with Crippen LogP contribution in [0.15, 0.2) is 77.7 Å². The molecule has 0 saturated heterocycles. The first-order valence-electron chi connectivity index (χ1n) is 13.7. The number of sulfonamides is 1. The molecule has 0 aromatic heterocycles. The molecule has 1 N–H and O–H groups in total. The van der Waals surface area contributed by atoms with Crippen molar-refractivity contribution < 1.29 is 18.0 Å². The van der Waals surface area contributed by atoms with E-state index in [1.165, 1.54) is 17.0 Å². The predicted octanol–water partition coefficient (Wildman–Crippen LogP) is 6.36. The number of benzene rings is 3. The van der Waals surface area contributed by atoms with Gasteiger partial charge in [-0.15, -0.1) is 0 Å². The smallest absolute Gasteiger partial charge is 0.264 e. The molecule has 3 aromatic carbocycles. The van der Waals surface area contributed by atoms with Gasteiger partial charge in [-0.3, -0.25) is 13.9 Å². The van der Waals surface area contributed by atoms with Crippen LogP contribution in [0.3, 0.4) is 0 Å². The van der Waals surface area contributed by atoms with Crippen LogP contribution in [0.2, 0.25) is 10.0 Å². The van der Waals surface area contributed by atoms with Crippen molar-refractivity contribution in [3.8, 4) is 0 Å². The Bertz CT molecular complexity index is 1480. The lowest BCUT2D eigenvalue weighted by molar-refractivity contribution is -0.139. The molecule has 1 atom stereocenters. The van der Waals surface area contributed by atoms with Gasteiger partial charge < -0.3 is 10.2 Å². The molecule has 1 aliphatic rings. The second-order valence-corrected chi connectivity index (χ2v) is 13.1. The summed E-state index contributed by atoms with van der Waals surface area (Å²) in [6.07, 6.45) is 5.04. The predicted molar refractivity (Wildman–Crippen MR) is 164 cm³/mol. The van der Waals surface area contributed by atoms with E-state index in [2.05, 4.69) is 5.32 Å². The zero-order chi connectivity index (χ0) is 29.6. The Hall–Kier alpha value is -3.07. The van der Waals surface area contributed by atoms with Crippen molar-refractivity contribution >= 4 is 50.7 Å². The molecule has 0 heterocycles. The number of nitrogens with zero attached hydrogens (tertiary/aromatic N) is 2. The van der Waals surface area contributed by atoms with E-state index in [1.807, 2.05) is 13.0 Å². The average Bonchev–Trinajstić information content (AvgIpc) is 2.96. The van der Waals surface area contributed by atoms with Gasteiger partial charge in [-0.25, -0.2) is 8.42 Å². The summed E-state index contributed by atoms with van der Waals surface area (Å²) < 4.78 is 28.8. The molecular formula is C31H35Cl2N3O4S. The molecule has 0 aliphatic heterocycles. The summed E-state index contributed by atoms with van der Waals surface area (Å²) in [7, 11) is -4.11. The minimum absolute atomic E-state index is 0.0437. The summed E-state index contributed by atoms with van der Waals surface area (Å²) in [6.45, 7) is 3.06. The van der Waals surface area contributed by atoms with Crippen molar-refractivity contribution in [1.82, 2.24) is 10.2 Å². The van der Waals surface area contributed by atoms with Gasteiger partial charge in [-0.05, 0) is 74.2 Å². The van der Waals surface area contributed by atoms with Gasteiger partial charge >= 0.3 is 0 Å². The molecule has 218 valence electrons. The Balaban J connectivity index is 1.68. The fourth-order valence-corrected chi connectivity index (χ4v) is 6.77. The third-order valence-corrected chi connectivity index (χ3v) is 9.88. The first-order valence-corrected chi connectivity index (χ1v) is 15.9. The molecular weight excluding hydrogens is 581 g/mol. The molecule has 7 nitrogen and oxygen atoms in total. The highest BCUT2D eigenvalue weighted by atomic mass is 35.5. The standard InChI is InChI=1S/C31H35Cl2N3O4S/c1-22-10-9-13-26(18-22)36(41(39,40)27-14-7-4-8-15-27)21-30(37)35(20-24-16-17-28(32)29(33)19-24)23(2)31(38)34-25-11-5-3-6-12-25/h4,7-10,13-19,23,25H,3,5-6,11-12,20-21H2,1-2H3,(H,34,38). The summed E-state index contributed by atoms with van der Waals surface area (Å²) >= 11 is 12.4. The van der Waals surface area contributed by atoms with E-state index in [9.17, 15) is 18.0 Å². The minimum atomic E-state index is -4.11. The minimum Gasteiger partial charge on any atom is -0.352 e. The third-order valence-electron chi connectivity index (χ3n) is 7.36. The van der Waals surface area contributed by atoms with Crippen LogP contribution in [-0.2, 0) is 26.2 Å². The lowest BCUT2D eigenvalue weighted by atomic mass is 9.95. The number of amides is 2. The number of hydrogen-bond donors (Lipinski definition) is 1. The number of nitrogens with one attached hydrogen (secondary N) is 1. The van der Waals surface area contributed by atoms with Crippen LogP contribution in [0.25, 0.3) is 0 Å². The van der Waals surface area contributed by atoms with Crippen LogP contribution in [0, 0.1) is 6.92 Å². The molecule has 1 fully saturated rings. The molecule has 3 aromatic rings. The fourth-order valence-electron chi connectivity index (χ4n) is 5.02. The van der Waals surface area contributed by atoms with Crippen LogP contribution in [0.5, 0.6) is 0 Å². The zero-order valence-corrected chi connectivity index (χ0v) is 25.6. The van der Waals surface area contributed by atoms with Gasteiger partial charge in [0.1, 0.15) is 12.6 Å². The maximum atomic E-state index is 14.1. The molecule has 10 heteroatoms. The first kappa shape index (κ1) is 30.9. The normalized spacial score (nSPS) is 14.7. The van der Waals surface area contributed by atoms with Gasteiger partial charge in [0, 0.05) is 12.6 Å². The van der Waals surface area contributed by atoms with E-state index in [0.29, 0.717) is 21.3 Å². The Morgan fingerprint density at radius 1 is 0.927 bits per heavy atom. The number of carbonyl (C=O) groups is 2. The highest BCUT2D eigenvalue weighted by Crippen LogP contribution is 2.27. The average molecular weight is 617 g/mol. The summed E-state index contributed by atoms with van der Waals surface area (Å²) in [5.41, 5.74) is 1.87. The molecule has 41 heavy (non-hydrogen) atoms. The number of rotatable bonds is 10. The van der Waals surface area contributed by atoms with Crippen molar-refractivity contribution in [3.05, 3.63) is 94.0 Å². The number of carbonyl (C=O) groups excluding carboxylic acids is 2. The molecule has 1 saturated carbocycles. The van der Waals surface area contributed by atoms with E-state index in [4.69, 9.17) is 23.2 Å². The zero-order valence-electron chi connectivity index (χ0n) is 23.2. The van der Waals surface area contributed by atoms with Crippen molar-refractivity contribution in [2.75, 3.05) is 10.8 Å². The van der Waals surface area contributed by atoms with E-state index in [0.717, 1.165) is 42.0 Å². The van der Waals surface area contributed by atoms with Crippen molar-refractivity contribution in [2.45, 2.75) is 69.5 Å². The van der Waals surface area contributed by atoms with E-state index in [-0.39, 0.29) is 23.4 Å². The molecule has 2 amide bonds. The highest BCUT2D eigenvalue weighted by Gasteiger charge is 2.33. The largest absolute Gasteiger partial charge is 0.352 e. The van der Waals surface area contributed by atoms with Crippen LogP contribution >= 0.6 is 23.2 Å². The molecule has 4 rings (SSSR count). The van der Waals surface area contributed by atoms with Gasteiger partial charge in [0.2, 0.25) is 11.8 Å². The van der Waals surface area contributed by atoms with Crippen molar-refractivity contribution in [3.63, 3.8) is 0 Å². The second kappa shape index (κ2) is 13.7. The molecule has 1 aliphatic carbocycles. The van der Waals surface area contributed by atoms with Gasteiger partial charge in [0.25, 0.3) is 10.0 Å². The highest BCUT2D eigenvalue weighted by molar-refractivity contribution is 7.92. The van der Waals surface area contributed by atoms with Gasteiger partial charge in [0.05, 0.1) is 20.6 Å². The van der Waals surface area contributed by atoms with Gasteiger partial charge in [0.15, 0.2) is 0 Å². The summed E-state index contributed by atoms with van der Waals surface area (Å²) in [5.74, 6) is -0.804. The van der Waals surface area contributed by atoms with Crippen LogP contribution in [0.1, 0.15) is 50.2 Å². The Morgan fingerprint density at radius 3 is 2.29 bits per heavy atom. The van der Waals surface area contributed by atoms with Gasteiger partial charge in [-0.1, -0.05) is 78.9 Å². The molecule has 0 spiro atoms. The van der Waals surface area contributed by atoms with E-state index < -0.39 is 28.5 Å². The maximum absolute atomic E-state index is 14.1. The first-order chi connectivity index (χ1) is 19.6. The molecule has 0 radical (unpaired) electrons. The molecule has 0 bridgehead atoms. The van der Waals surface area contributed by atoms with Gasteiger partial charge in [-0.2, -0.15) is 0 Å². The number of hydrogen-bond acceptors (Lipinski definition) is 4. The summed E-state index contributed by atoms with van der Waals surface area (Å²) in [5, 5.41) is 3.79.